The highest BCUT2D eigenvalue weighted by atomic mass is 32.2. The number of nitrogens with zero attached hydrogens (tertiary/aromatic N) is 1. The van der Waals surface area contributed by atoms with Crippen LogP contribution in [0.5, 0.6) is 0 Å². The summed E-state index contributed by atoms with van der Waals surface area (Å²) in [5.74, 6) is 0. The first-order valence-corrected chi connectivity index (χ1v) is 8.70. The smallest absolute Gasteiger partial charge is 0.217 e. The molecule has 3 rings (SSSR count). The molecule has 0 bridgehead atoms. The third kappa shape index (κ3) is 2.62. The summed E-state index contributed by atoms with van der Waals surface area (Å²) in [7, 11) is -1.45. The molecule has 1 heterocycles. The van der Waals surface area contributed by atoms with Gasteiger partial charge in [0.1, 0.15) is 0 Å². The van der Waals surface area contributed by atoms with E-state index in [9.17, 15) is 8.42 Å². The van der Waals surface area contributed by atoms with Crippen molar-refractivity contribution in [2.24, 2.45) is 0 Å². The van der Waals surface area contributed by atoms with Crippen molar-refractivity contribution in [3.8, 4) is 0 Å². The summed E-state index contributed by atoms with van der Waals surface area (Å²) in [6.07, 6.45) is 3.15. The van der Waals surface area contributed by atoms with Crippen LogP contribution in [0.3, 0.4) is 0 Å². The van der Waals surface area contributed by atoms with Gasteiger partial charge in [-0.15, -0.1) is 0 Å². The third-order valence-corrected chi connectivity index (χ3v) is 6.72. The Morgan fingerprint density at radius 3 is 2.50 bits per heavy atom. The molecule has 0 N–H and O–H groups in total. The van der Waals surface area contributed by atoms with Crippen LogP contribution in [0.2, 0.25) is 0 Å². The summed E-state index contributed by atoms with van der Waals surface area (Å²) in [6.45, 7) is 0.592. The van der Waals surface area contributed by atoms with E-state index in [0.29, 0.717) is 6.54 Å². The van der Waals surface area contributed by atoms with Crippen molar-refractivity contribution < 1.29 is 13.2 Å². The van der Waals surface area contributed by atoms with Crippen LogP contribution in [-0.4, -0.2) is 43.8 Å². The van der Waals surface area contributed by atoms with Gasteiger partial charge in [0, 0.05) is 13.7 Å². The van der Waals surface area contributed by atoms with Crippen molar-refractivity contribution in [1.82, 2.24) is 4.31 Å². The topological polar surface area (TPSA) is 46.6 Å². The van der Waals surface area contributed by atoms with Gasteiger partial charge in [-0.2, -0.15) is 4.31 Å². The van der Waals surface area contributed by atoms with E-state index in [0.717, 1.165) is 31.2 Å². The molecule has 20 heavy (non-hydrogen) atoms. The average molecular weight is 295 g/mol. The summed E-state index contributed by atoms with van der Waals surface area (Å²) >= 11 is 0. The fraction of sp³-hybridized carbons (Fsp3) is 0.600. The molecule has 1 saturated heterocycles. The lowest BCUT2D eigenvalue weighted by molar-refractivity contribution is 0.0809. The monoisotopic (exact) mass is 295 g/mol. The Balaban J connectivity index is 1.83. The number of sulfonamides is 1. The molecule has 5 heteroatoms. The zero-order chi connectivity index (χ0) is 14.2. The molecule has 1 aromatic rings. The second-order valence-corrected chi connectivity index (χ2v) is 7.84. The van der Waals surface area contributed by atoms with E-state index in [2.05, 4.69) is 0 Å². The van der Waals surface area contributed by atoms with Gasteiger partial charge in [0.15, 0.2) is 0 Å². The van der Waals surface area contributed by atoms with Gasteiger partial charge in [0.25, 0.3) is 0 Å². The van der Waals surface area contributed by atoms with E-state index in [4.69, 9.17) is 4.74 Å². The molecule has 1 aliphatic heterocycles. The standard InChI is InChI=1S/C15H21NO3S/c1-19-15-9-10-16(20(17,18)13-7-8-13)14(15)11-12-5-3-2-4-6-12/h2-6,13-15H,7-11H2,1H3/t14-,15-/m0/s1. The van der Waals surface area contributed by atoms with Crippen molar-refractivity contribution >= 4 is 10.0 Å². The molecule has 4 nitrogen and oxygen atoms in total. The molecule has 0 radical (unpaired) electrons. The Labute approximate surface area is 120 Å². The predicted octanol–water partition coefficient (Wildman–Crippen LogP) is 1.81. The Hall–Kier alpha value is -0.910. The zero-order valence-electron chi connectivity index (χ0n) is 11.7. The first-order valence-electron chi connectivity index (χ1n) is 7.20. The molecular weight excluding hydrogens is 274 g/mol. The number of hydrogen-bond donors (Lipinski definition) is 0. The van der Waals surface area contributed by atoms with Crippen LogP contribution in [0.4, 0.5) is 0 Å². The first-order chi connectivity index (χ1) is 9.63. The van der Waals surface area contributed by atoms with Crippen molar-refractivity contribution in [2.45, 2.75) is 43.1 Å². The number of benzene rings is 1. The summed E-state index contributed by atoms with van der Waals surface area (Å²) in [6, 6.07) is 10.00. The molecule has 0 amide bonds. The van der Waals surface area contributed by atoms with E-state index in [1.807, 2.05) is 30.3 Å². The summed E-state index contributed by atoms with van der Waals surface area (Å²) < 4.78 is 32.3. The molecule has 1 aromatic carbocycles. The van der Waals surface area contributed by atoms with Crippen molar-refractivity contribution in [2.75, 3.05) is 13.7 Å². The van der Waals surface area contributed by atoms with Gasteiger partial charge in [-0.3, -0.25) is 0 Å². The largest absolute Gasteiger partial charge is 0.380 e. The highest BCUT2D eigenvalue weighted by Gasteiger charge is 2.47. The predicted molar refractivity (Wildman–Crippen MR) is 78.0 cm³/mol. The van der Waals surface area contributed by atoms with Crippen molar-refractivity contribution in [1.29, 1.82) is 0 Å². The van der Waals surface area contributed by atoms with Crippen LogP contribution < -0.4 is 0 Å². The van der Waals surface area contributed by atoms with Crippen LogP contribution >= 0.6 is 0 Å². The third-order valence-electron chi connectivity index (χ3n) is 4.30. The Kier molecular flexibility index (Phi) is 3.84. The highest BCUT2D eigenvalue weighted by molar-refractivity contribution is 7.90. The van der Waals surface area contributed by atoms with Crippen LogP contribution in [0.15, 0.2) is 30.3 Å². The maximum atomic E-state index is 12.5. The van der Waals surface area contributed by atoms with Gasteiger partial charge in [0.05, 0.1) is 17.4 Å². The van der Waals surface area contributed by atoms with Crippen LogP contribution in [0, 0.1) is 0 Å². The minimum atomic E-state index is -3.12. The molecule has 1 aliphatic carbocycles. The van der Waals surface area contributed by atoms with Gasteiger partial charge >= 0.3 is 0 Å². The SMILES string of the molecule is CO[C@H]1CCN(S(=O)(=O)C2CC2)[C@H]1Cc1ccccc1. The highest BCUT2D eigenvalue weighted by Crippen LogP contribution is 2.36. The van der Waals surface area contributed by atoms with E-state index in [1.54, 1.807) is 11.4 Å². The summed E-state index contributed by atoms with van der Waals surface area (Å²) in [4.78, 5) is 0. The van der Waals surface area contributed by atoms with E-state index >= 15 is 0 Å². The number of ether oxygens (including phenoxy) is 1. The first kappa shape index (κ1) is 14.0. The van der Waals surface area contributed by atoms with Gasteiger partial charge in [-0.25, -0.2) is 8.42 Å². The quantitative estimate of drug-likeness (QED) is 0.832. The Bertz CT molecular complexity index is 554. The lowest BCUT2D eigenvalue weighted by atomic mass is 10.0. The molecule has 2 atom stereocenters. The molecule has 2 fully saturated rings. The molecule has 0 unspecified atom stereocenters. The molecule has 2 aliphatic rings. The maximum absolute atomic E-state index is 12.5. The lowest BCUT2D eigenvalue weighted by Crippen LogP contribution is -2.43. The maximum Gasteiger partial charge on any atom is 0.217 e. The van der Waals surface area contributed by atoms with E-state index in [-0.39, 0.29) is 17.4 Å². The number of hydrogen-bond acceptors (Lipinski definition) is 3. The van der Waals surface area contributed by atoms with Crippen molar-refractivity contribution in [3.63, 3.8) is 0 Å². The number of rotatable bonds is 5. The summed E-state index contributed by atoms with van der Waals surface area (Å²) in [5.41, 5.74) is 1.16. The normalized spacial score (nSPS) is 27.9. The van der Waals surface area contributed by atoms with Gasteiger partial charge in [0.2, 0.25) is 10.0 Å². The minimum absolute atomic E-state index is 0.00345. The second-order valence-electron chi connectivity index (χ2n) is 5.67. The number of methoxy groups -OCH3 is 1. The van der Waals surface area contributed by atoms with Crippen LogP contribution in [-0.2, 0) is 21.2 Å². The summed E-state index contributed by atoms with van der Waals surface area (Å²) in [5, 5.41) is -0.142. The van der Waals surface area contributed by atoms with Gasteiger partial charge in [-0.05, 0) is 31.2 Å². The van der Waals surface area contributed by atoms with Crippen LogP contribution in [0.1, 0.15) is 24.8 Å². The lowest BCUT2D eigenvalue weighted by Gasteiger charge is -2.27. The Morgan fingerprint density at radius 2 is 1.90 bits per heavy atom. The Morgan fingerprint density at radius 1 is 1.20 bits per heavy atom. The molecular formula is C15H21NO3S. The molecule has 110 valence electrons. The zero-order valence-corrected chi connectivity index (χ0v) is 12.6. The van der Waals surface area contributed by atoms with Gasteiger partial charge < -0.3 is 4.74 Å². The molecule has 1 saturated carbocycles. The van der Waals surface area contributed by atoms with Crippen LogP contribution in [0.25, 0.3) is 0 Å². The molecule has 0 aromatic heterocycles. The second kappa shape index (κ2) is 5.47. The van der Waals surface area contributed by atoms with E-state index in [1.165, 1.54) is 0 Å². The fourth-order valence-corrected chi connectivity index (χ4v) is 5.10. The van der Waals surface area contributed by atoms with Gasteiger partial charge in [-0.1, -0.05) is 30.3 Å². The molecule has 0 spiro atoms. The van der Waals surface area contributed by atoms with E-state index < -0.39 is 10.0 Å². The minimum Gasteiger partial charge on any atom is -0.380 e. The fourth-order valence-electron chi connectivity index (χ4n) is 3.04. The average Bonchev–Trinajstić information content (AvgIpc) is 3.23. The van der Waals surface area contributed by atoms with Crippen molar-refractivity contribution in [3.05, 3.63) is 35.9 Å².